The number of nitrogens with one attached hydrogen (secondary N) is 2. The van der Waals surface area contributed by atoms with Crippen molar-refractivity contribution < 1.29 is 9.53 Å². The van der Waals surface area contributed by atoms with E-state index in [0.29, 0.717) is 18.3 Å². The zero-order chi connectivity index (χ0) is 16.1. The predicted molar refractivity (Wildman–Crippen MR) is 92.1 cm³/mol. The molecule has 23 heavy (non-hydrogen) atoms. The second-order valence-corrected chi connectivity index (χ2v) is 7.41. The van der Waals surface area contributed by atoms with Crippen LogP contribution in [0.3, 0.4) is 0 Å². The molecule has 6 nitrogen and oxygen atoms in total. The Kier molecular flexibility index (Phi) is 5.35. The first-order chi connectivity index (χ1) is 11.2. The number of hydrogen-bond donors (Lipinski definition) is 2. The largest absolute Gasteiger partial charge is 0.497 e. The van der Waals surface area contributed by atoms with Crippen LogP contribution in [-0.4, -0.2) is 35.0 Å². The van der Waals surface area contributed by atoms with Gasteiger partial charge in [0.25, 0.3) is 0 Å². The number of rotatable bonds is 8. The molecule has 0 spiro atoms. The van der Waals surface area contributed by atoms with Crippen LogP contribution in [0.4, 0.5) is 5.13 Å². The first kappa shape index (κ1) is 16.1. The summed E-state index contributed by atoms with van der Waals surface area (Å²) in [5.74, 6) is 1.10. The van der Waals surface area contributed by atoms with Crippen LogP contribution in [0.15, 0.2) is 28.6 Å². The van der Waals surface area contributed by atoms with E-state index in [0.717, 1.165) is 20.8 Å². The number of amides is 1. The van der Waals surface area contributed by atoms with Gasteiger partial charge in [0.1, 0.15) is 5.75 Å². The number of carbonyl (C=O) groups is 1. The fourth-order valence-corrected chi connectivity index (χ4v) is 3.55. The van der Waals surface area contributed by atoms with E-state index >= 15 is 0 Å². The van der Waals surface area contributed by atoms with Crippen LogP contribution in [0.2, 0.25) is 0 Å². The fraction of sp³-hybridized carbons (Fsp3) is 0.400. The van der Waals surface area contributed by atoms with E-state index in [1.807, 2.05) is 24.3 Å². The summed E-state index contributed by atoms with van der Waals surface area (Å²) in [6.45, 7) is 0.487. The maximum Gasteiger partial charge on any atom is 0.230 e. The zero-order valence-corrected chi connectivity index (χ0v) is 14.4. The summed E-state index contributed by atoms with van der Waals surface area (Å²) in [7, 11) is 1.63. The monoisotopic (exact) mass is 350 g/mol. The molecule has 122 valence electrons. The van der Waals surface area contributed by atoms with Crippen molar-refractivity contribution in [1.29, 1.82) is 0 Å². The Morgan fingerprint density at radius 1 is 1.43 bits per heavy atom. The highest BCUT2D eigenvalue weighted by Crippen LogP contribution is 2.30. The Hall–Kier alpha value is -1.80. The van der Waals surface area contributed by atoms with E-state index < -0.39 is 0 Å². The summed E-state index contributed by atoms with van der Waals surface area (Å²) in [6, 6.07) is 8.21. The zero-order valence-electron chi connectivity index (χ0n) is 12.7. The fourth-order valence-electron chi connectivity index (χ4n) is 1.89. The lowest BCUT2D eigenvalue weighted by Crippen LogP contribution is -2.24. The smallest absolute Gasteiger partial charge is 0.230 e. The molecule has 0 bridgehead atoms. The van der Waals surface area contributed by atoms with Gasteiger partial charge in [0, 0.05) is 12.6 Å². The molecule has 0 aliphatic heterocycles. The third-order valence-corrected chi connectivity index (χ3v) is 5.25. The van der Waals surface area contributed by atoms with Crippen molar-refractivity contribution in [3.63, 3.8) is 0 Å². The standard InChI is InChI=1S/C15H18N4O2S2/c1-21-12-4-2-3-10(7-12)8-16-13(20)9-22-15-19-18-14(23-15)17-11-5-6-11/h2-4,7,11H,5-6,8-9H2,1H3,(H,16,20)(H,17,18). The molecule has 1 saturated carbocycles. The van der Waals surface area contributed by atoms with Crippen molar-refractivity contribution in [1.82, 2.24) is 15.5 Å². The average Bonchev–Trinajstić information content (AvgIpc) is 3.27. The van der Waals surface area contributed by atoms with Gasteiger partial charge in [-0.25, -0.2) is 0 Å². The Bertz CT molecular complexity index is 673. The number of methoxy groups -OCH3 is 1. The molecule has 1 heterocycles. The summed E-state index contributed by atoms with van der Waals surface area (Å²) in [6.07, 6.45) is 2.41. The number of aromatic nitrogens is 2. The SMILES string of the molecule is COc1cccc(CNC(=O)CSc2nnc(NC3CC3)s2)c1. The number of carbonyl (C=O) groups excluding carboxylic acids is 1. The Morgan fingerprint density at radius 2 is 2.30 bits per heavy atom. The highest BCUT2D eigenvalue weighted by Gasteiger charge is 2.22. The molecule has 3 rings (SSSR count). The topological polar surface area (TPSA) is 76.1 Å². The van der Waals surface area contributed by atoms with Gasteiger partial charge in [0.05, 0.1) is 12.9 Å². The van der Waals surface area contributed by atoms with Crippen molar-refractivity contribution in [3.8, 4) is 5.75 Å². The van der Waals surface area contributed by atoms with Crippen LogP contribution in [0, 0.1) is 0 Å². The minimum atomic E-state index is -0.0234. The number of ether oxygens (including phenoxy) is 1. The van der Waals surface area contributed by atoms with Crippen LogP contribution >= 0.6 is 23.1 Å². The molecule has 0 radical (unpaired) electrons. The van der Waals surface area contributed by atoms with Gasteiger partial charge in [-0.15, -0.1) is 10.2 Å². The first-order valence-corrected chi connectivity index (χ1v) is 9.15. The molecule has 2 N–H and O–H groups in total. The van der Waals surface area contributed by atoms with Gasteiger partial charge in [-0.05, 0) is 30.5 Å². The van der Waals surface area contributed by atoms with Crippen molar-refractivity contribution in [2.24, 2.45) is 0 Å². The highest BCUT2D eigenvalue weighted by molar-refractivity contribution is 8.01. The van der Waals surface area contributed by atoms with Gasteiger partial charge >= 0.3 is 0 Å². The molecule has 1 fully saturated rings. The molecule has 1 aromatic heterocycles. The van der Waals surface area contributed by atoms with Crippen molar-refractivity contribution in [2.45, 2.75) is 29.8 Å². The molecule has 0 saturated heterocycles. The molecule has 8 heteroatoms. The maximum atomic E-state index is 11.9. The molecule has 1 amide bonds. The third-order valence-electron chi connectivity index (χ3n) is 3.26. The van der Waals surface area contributed by atoms with Crippen LogP contribution in [0.1, 0.15) is 18.4 Å². The molecule has 1 aliphatic carbocycles. The second-order valence-electron chi connectivity index (χ2n) is 5.21. The highest BCUT2D eigenvalue weighted by atomic mass is 32.2. The van der Waals surface area contributed by atoms with E-state index in [4.69, 9.17) is 4.74 Å². The number of thioether (sulfide) groups is 1. The van der Waals surface area contributed by atoms with Crippen molar-refractivity contribution >= 4 is 34.1 Å². The van der Waals surface area contributed by atoms with E-state index in [2.05, 4.69) is 20.8 Å². The minimum absolute atomic E-state index is 0.0234. The lowest BCUT2D eigenvalue weighted by molar-refractivity contribution is -0.118. The van der Waals surface area contributed by atoms with Gasteiger partial charge in [0.15, 0.2) is 4.34 Å². The summed E-state index contributed by atoms with van der Waals surface area (Å²) < 4.78 is 5.97. The van der Waals surface area contributed by atoms with E-state index in [9.17, 15) is 4.79 Å². The number of hydrogen-bond acceptors (Lipinski definition) is 7. The van der Waals surface area contributed by atoms with Crippen molar-refractivity contribution in [3.05, 3.63) is 29.8 Å². The normalized spacial score (nSPS) is 13.6. The first-order valence-electron chi connectivity index (χ1n) is 7.35. The summed E-state index contributed by atoms with van der Waals surface area (Å²) in [4.78, 5) is 11.9. The molecule has 1 aliphatic rings. The molecular formula is C15H18N4O2S2. The number of nitrogens with zero attached hydrogens (tertiary/aromatic N) is 2. The van der Waals surface area contributed by atoms with Crippen LogP contribution < -0.4 is 15.4 Å². The maximum absolute atomic E-state index is 11.9. The minimum Gasteiger partial charge on any atom is -0.497 e. The Balaban J connectivity index is 1.41. The molecule has 0 unspecified atom stereocenters. The number of benzene rings is 1. The lowest BCUT2D eigenvalue weighted by atomic mass is 10.2. The molecule has 1 aromatic carbocycles. The molecule has 0 atom stereocenters. The van der Waals surface area contributed by atoms with Crippen LogP contribution in [-0.2, 0) is 11.3 Å². The van der Waals surface area contributed by atoms with Gasteiger partial charge < -0.3 is 15.4 Å². The third kappa shape index (κ3) is 5.11. The van der Waals surface area contributed by atoms with E-state index in [1.54, 1.807) is 7.11 Å². The van der Waals surface area contributed by atoms with Crippen molar-refractivity contribution in [2.75, 3.05) is 18.2 Å². The summed E-state index contributed by atoms with van der Waals surface area (Å²) in [5, 5.41) is 15.2. The molecular weight excluding hydrogens is 332 g/mol. The van der Waals surface area contributed by atoms with Gasteiger partial charge in [-0.1, -0.05) is 35.2 Å². The van der Waals surface area contributed by atoms with Gasteiger partial charge in [-0.2, -0.15) is 0 Å². The van der Waals surface area contributed by atoms with E-state index in [-0.39, 0.29) is 5.91 Å². The lowest BCUT2D eigenvalue weighted by Gasteiger charge is -2.06. The predicted octanol–water partition coefficient (Wildman–Crippen LogP) is 2.53. The van der Waals surface area contributed by atoms with Gasteiger partial charge in [-0.3, -0.25) is 4.79 Å². The Morgan fingerprint density at radius 3 is 3.09 bits per heavy atom. The van der Waals surface area contributed by atoms with E-state index in [1.165, 1.54) is 35.9 Å². The van der Waals surface area contributed by atoms with Crippen LogP contribution in [0.5, 0.6) is 5.75 Å². The number of anilines is 1. The summed E-state index contributed by atoms with van der Waals surface area (Å²) in [5.41, 5.74) is 1.01. The van der Waals surface area contributed by atoms with Gasteiger partial charge in [0.2, 0.25) is 11.0 Å². The average molecular weight is 350 g/mol. The quantitative estimate of drug-likeness (QED) is 0.713. The van der Waals surface area contributed by atoms with Crippen LogP contribution in [0.25, 0.3) is 0 Å². The Labute approximate surface area is 143 Å². The molecule has 2 aromatic rings. The summed E-state index contributed by atoms with van der Waals surface area (Å²) >= 11 is 2.90. The second kappa shape index (κ2) is 7.65.